The molecule has 1 amide bonds. The summed E-state index contributed by atoms with van der Waals surface area (Å²) in [7, 11) is 0. The topological polar surface area (TPSA) is 93.5 Å². The van der Waals surface area contributed by atoms with Crippen LogP contribution in [0.3, 0.4) is 0 Å². The molecule has 0 rings (SSSR count). The van der Waals surface area contributed by atoms with E-state index in [9.17, 15) is 4.79 Å². The van der Waals surface area contributed by atoms with Gasteiger partial charge in [-0.3, -0.25) is 9.79 Å². The molecule has 0 saturated carbocycles. The van der Waals surface area contributed by atoms with Gasteiger partial charge in [0.1, 0.15) is 6.04 Å². The number of nitrogens with one attached hydrogen (secondary N) is 1. The van der Waals surface area contributed by atoms with Crippen LogP contribution in [0.4, 0.5) is 0 Å². The molecule has 0 radical (unpaired) electrons. The predicted octanol–water partition coefficient (Wildman–Crippen LogP) is -0.579. The van der Waals surface area contributed by atoms with Crippen LogP contribution < -0.4 is 16.8 Å². The lowest BCUT2D eigenvalue weighted by Gasteiger charge is -2.10. The molecule has 76 valence electrons. The molecular formula is C8H18N4O. The van der Waals surface area contributed by atoms with Gasteiger partial charge in [0, 0.05) is 6.54 Å². The third-order valence-electron chi connectivity index (χ3n) is 1.42. The van der Waals surface area contributed by atoms with E-state index in [1.165, 1.54) is 0 Å². The van der Waals surface area contributed by atoms with Crippen molar-refractivity contribution in [2.45, 2.75) is 26.8 Å². The smallest absolute Gasteiger partial charge is 0.239 e. The molecule has 0 spiro atoms. The number of nitrogens with zero attached hydrogens (tertiary/aromatic N) is 1. The van der Waals surface area contributed by atoms with E-state index in [-0.39, 0.29) is 5.96 Å². The van der Waals surface area contributed by atoms with Crippen molar-refractivity contribution >= 4 is 11.9 Å². The van der Waals surface area contributed by atoms with Gasteiger partial charge in [-0.15, -0.1) is 0 Å². The van der Waals surface area contributed by atoms with Crippen molar-refractivity contribution in [2.24, 2.45) is 22.4 Å². The monoisotopic (exact) mass is 186 g/mol. The summed E-state index contributed by atoms with van der Waals surface area (Å²) in [5, 5.41) is 2.69. The fourth-order valence-corrected chi connectivity index (χ4v) is 0.620. The fraction of sp³-hybridized carbons (Fsp3) is 0.750. The average Bonchev–Trinajstić information content (AvgIpc) is 2.00. The van der Waals surface area contributed by atoms with E-state index < -0.39 is 11.9 Å². The first-order valence-electron chi connectivity index (χ1n) is 4.29. The summed E-state index contributed by atoms with van der Waals surface area (Å²) in [6.45, 7) is 6.35. The van der Waals surface area contributed by atoms with E-state index >= 15 is 0 Å². The zero-order valence-electron chi connectivity index (χ0n) is 8.37. The minimum Gasteiger partial charge on any atom is -0.370 e. The molecule has 0 aliphatic carbocycles. The number of guanidine groups is 1. The minimum absolute atomic E-state index is 0.264. The van der Waals surface area contributed by atoms with Crippen LogP contribution in [0.2, 0.25) is 0 Å². The van der Waals surface area contributed by atoms with Crippen molar-refractivity contribution in [3.8, 4) is 0 Å². The molecule has 0 aliphatic rings. The molecule has 0 aromatic carbocycles. The number of primary amides is 1. The van der Waals surface area contributed by atoms with E-state index in [1.54, 1.807) is 6.92 Å². The van der Waals surface area contributed by atoms with Crippen LogP contribution in [0.1, 0.15) is 20.8 Å². The summed E-state index contributed by atoms with van der Waals surface area (Å²) >= 11 is 0. The van der Waals surface area contributed by atoms with Crippen LogP contribution in [-0.4, -0.2) is 24.5 Å². The maximum atomic E-state index is 10.6. The Morgan fingerprint density at radius 3 is 2.31 bits per heavy atom. The summed E-state index contributed by atoms with van der Waals surface area (Å²) in [5.74, 6) is 0.270. The van der Waals surface area contributed by atoms with Gasteiger partial charge in [0.15, 0.2) is 5.96 Å². The number of hydrogen-bond donors (Lipinski definition) is 3. The van der Waals surface area contributed by atoms with E-state index in [0.717, 1.165) is 0 Å². The predicted molar refractivity (Wildman–Crippen MR) is 53.1 cm³/mol. The molecule has 5 nitrogen and oxygen atoms in total. The van der Waals surface area contributed by atoms with E-state index in [1.807, 2.05) is 13.8 Å². The molecule has 0 aromatic heterocycles. The normalized spacial score (nSPS) is 14.3. The van der Waals surface area contributed by atoms with Crippen LogP contribution in [-0.2, 0) is 4.79 Å². The van der Waals surface area contributed by atoms with Crippen LogP contribution in [0.5, 0.6) is 0 Å². The van der Waals surface area contributed by atoms with E-state index in [4.69, 9.17) is 11.5 Å². The lowest BCUT2D eigenvalue weighted by molar-refractivity contribution is -0.119. The Kier molecular flexibility index (Phi) is 4.87. The molecule has 1 atom stereocenters. The summed E-state index contributed by atoms with van der Waals surface area (Å²) in [6, 6.07) is -0.476. The molecule has 13 heavy (non-hydrogen) atoms. The second-order valence-corrected chi connectivity index (χ2v) is 3.39. The quantitative estimate of drug-likeness (QED) is 0.405. The fourth-order valence-electron chi connectivity index (χ4n) is 0.620. The van der Waals surface area contributed by atoms with Crippen LogP contribution in [0, 0.1) is 5.92 Å². The highest BCUT2D eigenvalue weighted by molar-refractivity contribution is 5.86. The summed E-state index contributed by atoms with van der Waals surface area (Å²) in [5.41, 5.74) is 10.5. The third-order valence-corrected chi connectivity index (χ3v) is 1.42. The Balaban J connectivity index is 3.91. The summed E-state index contributed by atoms with van der Waals surface area (Å²) in [4.78, 5) is 14.6. The van der Waals surface area contributed by atoms with Gasteiger partial charge >= 0.3 is 0 Å². The second kappa shape index (κ2) is 5.40. The van der Waals surface area contributed by atoms with Gasteiger partial charge in [0.05, 0.1) is 0 Å². The number of rotatable bonds is 4. The number of aliphatic imine (C=N–C) groups is 1. The number of amides is 1. The first kappa shape index (κ1) is 11.7. The molecule has 0 bridgehead atoms. The molecule has 1 unspecified atom stereocenters. The zero-order chi connectivity index (χ0) is 10.4. The minimum atomic E-state index is -0.476. The standard InChI is InChI=1S/C8H18N4O/c1-5(2)4-11-8(10)12-6(3)7(9)13/h5-6H,4H2,1-3H3,(H2,9,13)(H3,10,11,12). The Morgan fingerprint density at radius 1 is 1.38 bits per heavy atom. The molecule has 0 aromatic rings. The number of hydrogen-bond acceptors (Lipinski definition) is 2. The van der Waals surface area contributed by atoms with Gasteiger partial charge in [-0.25, -0.2) is 0 Å². The Hall–Kier alpha value is -1.26. The second-order valence-electron chi connectivity index (χ2n) is 3.39. The maximum absolute atomic E-state index is 10.6. The van der Waals surface area contributed by atoms with Crippen molar-refractivity contribution in [1.29, 1.82) is 0 Å². The largest absolute Gasteiger partial charge is 0.370 e. The number of nitrogens with two attached hydrogens (primary N) is 2. The first-order valence-corrected chi connectivity index (χ1v) is 4.29. The summed E-state index contributed by atoms with van der Waals surface area (Å²) in [6.07, 6.45) is 0. The van der Waals surface area contributed by atoms with Crippen LogP contribution >= 0.6 is 0 Å². The van der Waals surface area contributed by atoms with Crippen molar-refractivity contribution in [1.82, 2.24) is 5.32 Å². The highest BCUT2D eigenvalue weighted by atomic mass is 16.1. The Bertz CT molecular complexity index is 200. The van der Waals surface area contributed by atoms with Crippen molar-refractivity contribution in [3.63, 3.8) is 0 Å². The number of carbonyl (C=O) groups excluding carboxylic acids is 1. The van der Waals surface area contributed by atoms with Gasteiger partial charge in [0.25, 0.3) is 0 Å². The van der Waals surface area contributed by atoms with Gasteiger partial charge < -0.3 is 16.8 Å². The lowest BCUT2D eigenvalue weighted by atomic mass is 10.2. The molecule has 0 saturated heterocycles. The molecule has 0 aliphatic heterocycles. The Labute approximate surface area is 78.6 Å². The molecular weight excluding hydrogens is 168 g/mol. The molecule has 5 N–H and O–H groups in total. The van der Waals surface area contributed by atoms with Crippen molar-refractivity contribution in [2.75, 3.05) is 6.54 Å². The maximum Gasteiger partial charge on any atom is 0.239 e. The van der Waals surface area contributed by atoms with Gasteiger partial charge in [-0.2, -0.15) is 0 Å². The SMILES string of the molecule is CC(C)CN=C(N)NC(C)C(N)=O. The molecule has 0 fully saturated rings. The highest BCUT2D eigenvalue weighted by Gasteiger charge is 2.07. The van der Waals surface area contributed by atoms with Crippen LogP contribution in [0.15, 0.2) is 4.99 Å². The van der Waals surface area contributed by atoms with Crippen molar-refractivity contribution in [3.05, 3.63) is 0 Å². The van der Waals surface area contributed by atoms with Gasteiger partial charge in [-0.1, -0.05) is 13.8 Å². The first-order chi connectivity index (χ1) is 5.93. The lowest BCUT2D eigenvalue weighted by Crippen LogP contribution is -2.45. The van der Waals surface area contributed by atoms with Gasteiger partial charge in [0.2, 0.25) is 5.91 Å². The highest BCUT2D eigenvalue weighted by Crippen LogP contribution is 1.90. The Morgan fingerprint density at radius 2 is 1.92 bits per heavy atom. The summed E-state index contributed by atoms with van der Waals surface area (Å²) < 4.78 is 0. The molecule has 5 heteroatoms. The van der Waals surface area contributed by atoms with Crippen LogP contribution in [0.25, 0.3) is 0 Å². The van der Waals surface area contributed by atoms with E-state index in [2.05, 4.69) is 10.3 Å². The van der Waals surface area contributed by atoms with Crippen molar-refractivity contribution < 1.29 is 4.79 Å². The van der Waals surface area contributed by atoms with E-state index in [0.29, 0.717) is 12.5 Å². The van der Waals surface area contributed by atoms with Gasteiger partial charge in [-0.05, 0) is 12.8 Å². The zero-order valence-corrected chi connectivity index (χ0v) is 8.37. The number of carbonyl (C=O) groups is 1. The molecule has 0 heterocycles. The average molecular weight is 186 g/mol. The third kappa shape index (κ3) is 5.95.